The molecule has 3 atom stereocenters. The van der Waals surface area contributed by atoms with Gasteiger partial charge in [0, 0.05) is 36.9 Å². The maximum Gasteiger partial charge on any atom is 0.0346 e. The molecule has 0 aliphatic carbocycles. The van der Waals surface area contributed by atoms with Crippen molar-refractivity contribution in [3.63, 3.8) is 0 Å². The molecule has 0 radical (unpaired) electrons. The molecule has 2 aliphatic heterocycles. The van der Waals surface area contributed by atoms with E-state index in [2.05, 4.69) is 46.4 Å². The predicted molar refractivity (Wildman–Crippen MR) is 81.5 cm³/mol. The zero-order valence-electron chi connectivity index (χ0n) is 11.9. The van der Waals surface area contributed by atoms with Crippen LogP contribution in [0, 0.1) is 11.8 Å². The van der Waals surface area contributed by atoms with Gasteiger partial charge in [-0.2, -0.15) is 0 Å². The first-order valence-corrected chi connectivity index (χ1v) is 7.59. The van der Waals surface area contributed by atoms with Gasteiger partial charge in [-0.3, -0.25) is 9.88 Å². The summed E-state index contributed by atoms with van der Waals surface area (Å²) in [5.74, 6) is 1.67. The lowest BCUT2D eigenvalue weighted by Gasteiger charge is -2.24. The number of hydrogen-bond acceptors (Lipinski definition) is 3. The molecule has 0 amide bonds. The van der Waals surface area contributed by atoms with E-state index in [1.54, 1.807) is 0 Å². The standard InChI is InChI=1S/C17H21N3/c1-12-17-9-19-8-15(17)11-20(12)10-14-7-18-6-13-4-2-3-5-16(13)14/h2-7,12,15,17,19H,8-11H2,1H3. The molecule has 1 N–H and O–H groups in total. The van der Waals surface area contributed by atoms with E-state index in [1.165, 1.54) is 36.0 Å². The van der Waals surface area contributed by atoms with E-state index in [0.717, 1.165) is 18.4 Å². The minimum atomic E-state index is 0.675. The zero-order valence-corrected chi connectivity index (χ0v) is 11.9. The molecule has 2 aromatic rings. The number of pyridine rings is 1. The third-order valence-electron chi connectivity index (χ3n) is 5.18. The lowest BCUT2D eigenvalue weighted by Crippen LogP contribution is -2.32. The van der Waals surface area contributed by atoms with E-state index in [-0.39, 0.29) is 0 Å². The minimum Gasteiger partial charge on any atom is -0.316 e. The van der Waals surface area contributed by atoms with Crippen LogP contribution in [-0.2, 0) is 6.54 Å². The quantitative estimate of drug-likeness (QED) is 0.905. The average molecular weight is 267 g/mol. The number of aromatic nitrogens is 1. The van der Waals surface area contributed by atoms with Crippen LogP contribution in [0.4, 0.5) is 0 Å². The van der Waals surface area contributed by atoms with Crippen molar-refractivity contribution in [3.8, 4) is 0 Å². The molecule has 2 aliphatic rings. The van der Waals surface area contributed by atoms with Crippen LogP contribution in [0.5, 0.6) is 0 Å². The molecular formula is C17H21N3. The molecule has 3 unspecified atom stereocenters. The van der Waals surface area contributed by atoms with Gasteiger partial charge in [-0.15, -0.1) is 0 Å². The smallest absolute Gasteiger partial charge is 0.0346 e. The number of rotatable bonds is 2. The summed E-state index contributed by atoms with van der Waals surface area (Å²) in [5.41, 5.74) is 1.36. The second kappa shape index (κ2) is 4.83. The van der Waals surface area contributed by atoms with Crippen molar-refractivity contribution in [3.05, 3.63) is 42.2 Å². The highest BCUT2D eigenvalue weighted by molar-refractivity contribution is 5.84. The van der Waals surface area contributed by atoms with Gasteiger partial charge in [-0.25, -0.2) is 0 Å². The Morgan fingerprint density at radius 2 is 2.15 bits per heavy atom. The molecule has 0 saturated carbocycles. The van der Waals surface area contributed by atoms with Crippen LogP contribution in [0.1, 0.15) is 12.5 Å². The molecule has 0 spiro atoms. The van der Waals surface area contributed by atoms with Gasteiger partial charge in [-0.05, 0) is 42.8 Å². The van der Waals surface area contributed by atoms with Gasteiger partial charge in [0.25, 0.3) is 0 Å². The molecule has 3 nitrogen and oxygen atoms in total. The minimum absolute atomic E-state index is 0.675. The average Bonchev–Trinajstić information content (AvgIpc) is 3.04. The summed E-state index contributed by atoms with van der Waals surface area (Å²) in [6, 6.07) is 9.25. The first-order valence-electron chi connectivity index (χ1n) is 7.59. The fourth-order valence-corrected chi connectivity index (χ4v) is 3.99. The number of benzene rings is 1. The number of likely N-dealkylation sites (tertiary alicyclic amines) is 1. The monoisotopic (exact) mass is 267 g/mol. The first-order chi connectivity index (χ1) is 9.83. The van der Waals surface area contributed by atoms with Gasteiger partial charge >= 0.3 is 0 Å². The van der Waals surface area contributed by atoms with Gasteiger partial charge in [-0.1, -0.05) is 24.3 Å². The molecule has 104 valence electrons. The van der Waals surface area contributed by atoms with Gasteiger partial charge < -0.3 is 5.32 Å². The summed E-state index contributed by atoms with van der Waals surface area (Å²) >= 11 is 0. The normalized spacial score (nSPS) is 29.9. The van der Waals surface area contributed by atoms with Crippen molar-refractivity contribution in [1.82, 2.24) is 15.2 Å². The van der Waals surface area contributed by atoms with E-state index in [9.17, 15) is 0 Å². The lowest BCUT2D eigenvalue weighted by molar-refractivity contribution is 0.232. The largest absolute Gasteiger partial charge is 0.316 e. The third kappa shape index (κ3) is 1.93. The Bertz CT molecular complexity index is 619. The Morgan fingerprint density at radius 3 is 3.05 bits per heavy atom. The van der Waals surface area contributed by atoms with Crippen LogP contribution < -0.4 is 5.32 Å². The van der Waals surface area contributed by atoms with E-state index in [0.29, 0.717) is 6.04 Å². The van der Waals surface area contributed by atoms with Crippen LogP contribution >= 0.6 is 0 Å². The molecule has 3 heteroatoms. The number of nitrogens with one attached hydrogen (secondary N) is 1. The van der Waals surface area contributed by atoms with Crippen molar-refractivity contribution in [1.29, 1.82) is 0 Å². The van der Waals surface area contributed by atoms with Crippen molar-refractivity contribution in [2.45, 2.75) is 19.5 Å². The Balaban J connectivity index is 1.62. The summed E-state index contributed by atoms with van der Waals surface area (Å²) in [7, 11) is 0. The van der Waals surface area contributed by atoms with E-state index >= 15 is 0 Å². The van der Waals surface area contributed by atoms with Gasteiger partial charge in [0.05, 0.1) is 0 Å². The van der Waals surface area contributed by atoms with Crippen LogP contribution in [0.15, 0.2) is 36.7 Å². The molecule has 1 aromatic carbocycles. The highest BCUT2D eigenvalue weighted by atomic mass is 15.2. The van der Waals surface area contributed by atoms with Crippen molar-refractivity contribution >= 4 is 10.8 Å². The predicted octanol–water partition coefficient (Wildman–Crippen LogP) is 2.27. The van der Waals surface area contributed by atoms with Crippen LogP contribution in [0.3, 0.4) is 0 Å². The van der Waals surface area contributed by atoms with Gasteiger partial charge in [0.1, 0.15) is 0 Å². The molecule has 0 bridgehead atoms. The third-order valence-corrected chi connectivity index (χ3v) is 5.18. The van der Waals surface area contributed by atoms with E-state index in [4.69, 9.17) is 0 Å². The molecule has 2 saturated heterocycles. The molecule has 2 fully saturated rings. The van der Waals surface area contributed by atoms with Crippen molar-refractivity contribution < 1.29 is 0 Å². The van der Waals surface area contributed by atoms with Gasteiger partial charge in [0.2, 0.25) is 0 Å². The maximum absolute atomic E-state index is 4.41. The van der Waals surface area contributed by atoms with E-state index < -0.39 is 0 Å². The summed E-state index contributed by atoms with van der Waals surface area (Å²) < 4.78 is 0. The Hall–Kier alpha value is -1.45. The maximum atomic E-state index is 4.41. The van der Waals surface area contributed by atoms with Crippen LogP contribution in [-0.4, -0.2) is 35.6 Å². The molecule has 4 rings (SSSR count). The fourth-order valence-electron chi connectivity index (χ4n) is 3.99. The van der Waals surface area contributed by atoms with Crippen molar-refractivity contribution in [2.75, 3.05) is 19.6 Å². The highest BCUT2D eigenvalue weighted by Gasteiger charge is 2.41. The zero-order chi connectivity index (χ0) is 13.5. The van der Waals surface area contributed by atoms with Gasteiger partial charge in [0.15, 0.2) is 0 Å². The second-order valence-electron chi connectivity index (χ2n) is 6.27. The molecular weight excluding hydrogens is 246 g/mol. The highest BCUT2D eigenvalue weighted by Crippen LogP contribution is 2.33. The summed E-state index contributed by atoms with van der Waals surface area (Å²) in [6.07, 6.45) is 4.01. The molecule has 20 heavy (non-hydrogen) atoms. The molecule has 3 heterocycles. The molecule has 1 aromatic heterocycles. The number of hydrogen-bond donors (Lipinski definition) is 1. The Kier molecular flexibility index (Phi) is 2.97. The first kappa shape index (κ1) is 12.3. The summed E-state index contributed by atoms with van der Waals surface area (Å²) in [4.78, 5) is 7.05. The van der Waals surface area contributed by atoms with Crippen LogP contribution in [0.25, 0.3) is 10.8 Å². The second-order valence-corrected chi connectivity index (χ2v) is 6.27. The van der Waals surface area contributed by atoms with Crippen LogP contribution in [0.2, 0.25) is 0 Å². The summed E-state index contributed by atoms with van der Waals surface area (Å²) in [5, 5.41) is 6.13. The Labute approximate surface area is 120 Å². The Morgan fingerprint density at radius 1 is 1.25 bits per heavy atom. The lowest BCUT2D eigenvalue weighted by atomic mass is 9.95. The number of fused-ring (bicyclic) bond motifs is 2. The summed E-state index contributed by atoms with van der Waals surface area (Å²) in [6.45, 7) is 7.02. The van der Waals surface area contributed by atoms with E-state index in [1.807, 2.05) is 12.4 Å². The number of nitrogens with zero attached hydrogens (tertiary/aromatic N) is 2. The topological polar surface area (TPSA) is 28.2 Å². The SMILES string of the molecule is CC1C2CNCC2CN1Cc1cncc2ccccc12. The fraction of sp³-hybridized carbons (Fsp3) is 0.471. The van der Waals surface area contributed by atoms with Crippen molar-refractivity contribution in [2.24, 2.45) is 11.8 Å².